The smallest absolute Gasteiger partial charge is 0.308 e. The van der Waals surface area contributed by atoms with Crippen LogP contribution < -0.4 is 10.1 Å². The van der Waals surface area contributed by atoms with Crippen molar-refractivity contribution in [3.8, 4) is 5.75 Å². The minimum absolute atomic E-state index is 0.110. The molecular weight excluding hydrogens is 252 g/mol. The van der Waals surface area contributed by atoms with Gasteiger partial charge in [0.05, 0.1) is 18.0 Å². The van der Waals surface area contributed by atoms with E-state index in [1.165, 1.54) is 25.3 Å². The van der Waals surface area contributed by atoms with Crippen molar-refractivity contribution >= 4 is 17.3 Å². The Balaban J connectivity index is 2.91. The fraction of sp³-hybridized carbons (Fsp3) is 0.417. The average molecular weight is 268 g/mol. The summed E-state index contributed by atoms with van der Waals surface area (Å²) in [6, 6.07) is 4.29. The fourth-order valence-corrected chi connectivity index (χ4v) is 1.58. The molecule has 0 aliphatic heterocycles. The van der Waals surface area contributed by atoms with Crippen LogP contribution in [0.1, 0.15) is 13.3 Å². The first kappa shape index (κ1) is 14.7. The van der Waals surface area contributed by atoms with E-state index in [0.717, 1.165) is 0 Å². The van der Waals surface area contributed by atoms with Crippen molar-refractivity contribution < 1.29 is 19.6 Å². The van der Waals surface area contributed by atoms with Crippen LogP contribution in [0.3, 0.4) is 0 Å². The third-order valence-corrected chi connectivity index (χ3v) is 2.78. The SMILES string of the molecule is CCC(CNc1cc(OC)ccc1[N+](=O)[O-])C(=O)O. The van der Waals surface area contributed by atoms with E-state index in [0.29, 0.717) is 12.2 Å². The average Bonchev–Trinajstić information content (AvgIpc) is 2.38. The van der Waals surface area contributed by atoms with E-state index >= 15 is 0 Å². The van der Waals surface area contributed by atoms with E-state index in [9.17, 15) is 14.9 Å². The van der Waals surface area contributed by atoms with Crippen LogP contribution in [0.2, 0.25) is 0 Å². The van der Waals surface area contributed by atoms with Crippen LogP contribution in [0.5, 0.6) is 5.75 Å². The highest BCUT2D eigenvalue weighted by atomic mass is 16.6. The van der Waals surface area contributed by atoms with Gasteiger partial charge in [0.2, 0.25) is 0 Å². The Labute approximate surface area is 110 Å². The quantitative estimate of drug-likeness (QED) is 0.580. The molecule has 19 heavy (non-hydrogen) atoms. The van der Waals surface area contributed by atoms with Gasteiger partial charge in [0.1, 0.15) is 11.4 Å². The second kappa shape index (κ2) is 6.58. The van der Waals surface area contributed by atoms with Crippen molar-refractivity contribution in [2.24, 2.45) is 5.92 Å². The van der Waals surface area contributed by atoms with Crippen molar-refractivity contribution in [3.05, 3.63) is 28.3 Å². The zero-order chi connectivity index (χ0) is 14.4. The second-order valence-corrected chi connectivity index (χ2v) is 3.96. The van der Waals surface area contributed by atoms with Gasteiger partial charge in [0.25, 0.3) is 5.69 Å². The molecular formula is C12H16N2O5. The molecule has 0 fully saturated rings. The van der Waals surface area contributed by atoms with E-state index in [-0.39, 0.29) is 17.9 Å². The monoisotopic (exact) mass is 268 g/mol. The molecule has 0 aromatic heterocycles. The lowest BCUT2D eigenvalue weighted by molar-refractivity contribution is -0.384. The molecule has 1 unspecified atom stereocenters. The third-order valence-electron chi connectivity index (χ3n) is 2.78. The van der Waals surface area contributed by atoms with E-state index in [4.69, 9.17) is 9.84 Å². The number of nitro benzene ring substituents is 1. The third kappa shape index (κ3) is 3.84. The molecule has 2 N–H and O–H groups in total. The van der Waals surface area contributed by atoms with Gasteiger partial charge in [-0.3, -0.25) is 14.9 Å². The summed E-state index contributed by atoms with van der Waals surface area (Å²) < 4.78 is 4.99. The highest BCUT2D eigenvalue weighted by molar-refractivity contribution is 5.71. The molecule has 0 spiro atoms. The molecule has 0 aliphatic rings. The van der Waals surface area contributed by atoms with Gasteiger partial charge in [-0.15, -0.1) is 0 Å². The molecule has 104 valence electrons. The maximum Gasteiger partial charge on any atom is 0.308 e. The molecule has 0 bridgehead atoms. The predicted molar refractivity (Wildman–Crippen MR) is 69.6 cm³/mol. The summed E-state index contributed by atoms with van der Waals surface area (Å²) in [5.74, 6) is -1.05. The minimum Gasteiger partial charge on any atom is -0.497 e. The minimum atomic E-state index is -0.930. The number of carboxylic acid groups (broad SMARTS) is 1. The summed E-state index contributed by atoms with van der Waals surface area (Å²) >= 11 is 0. The number of hydrogen-bond acceptors (Lipinski definition) is 5. The Kier molecular flexibility index (Phi) is 5.11. The Morgan fingerprint density at radius 2 is 2.26 bits per heavy atom. The number of ether oxygens (including phenoxy) is 1. The summed E-state index contributed by atoms with van der Waals surface area (Å²) in [5.41, 5.74) is 0.144. The van der Waals surface area contributed by atoms with Crippen LogP contribution in [0, 0.1) is 16.0 Å². The highest BCUT2D eigenvalue weighted by Gasteiger charge is 2.18. The number of benzene rings is 1. The molecule has 0 aliphatic carbocycles. The van der Waals surface area contributed by atoms with E-state index in [1.807, 2.05) is 0 Å². The van der Waals surface area contributed by atoms with Gasteiger partial charge in [-0.2, -0.15) is 0 Å². The molecule has 7 heteroatoms. The number of nitrogens with one attached hydrogen (secondary N) is 1. The number of anilines is 1. The number of nitro groups is 1. The molecule has 1 rings (SSSR count). The number of carbonyl (C=O) groups is 1. The first-order valence-corrected chi connectivity index (χ1v) is 5.78. The molecule has 0 saturated carbocycles. The Morgan fingerprint density at radius 1 is 1.58 bits per heavy atom. The topological polar surface area (TPSA) is 102 Å². The molecule has 1 aromatic rings. The van der Waals surface area contributed by atoms with Gasteiger partial charge < -0.3 is 15.2 Å². The molecule has 7 nitrogen and oxygen atoms in total. The van der Waals surface area contributed by atoms with Gasteiger partial charge >= 0.3 is 5.97 Å². The number of nitrogens with zero attached hydrogens (tertiary/aromatic N) is 1. The van der Waals surface area contributed by atoms with Crippen LogP contribution in [-0.4, -0.2) is 29.7 Å². The summed E-state index contributed by atoms with van der Waals surface area (Å²) in [4.78, 5) is 21.2. The number of rotatable bonds is 7. The van der Waals surface area contributed by atoms with Crippen molar-refractivity contribution in [2.45, 2.75) is 13.3 Å². The zero-order valence-electron chi connectivity index (χ0n) is 10.8. The van der Waals surface area contributed by atoms with E-state index < -0.39 is 16.8 Å². The van der Waals surface area contributed by atoms with Crippen molar-refractivity contribution in [1.82, 2.24) is 0 Å². The van der Waals surface area contributed by atoms with Gasteiger partial charge in [0.15, 0.2) is 0 Å². The number of carboxylic acids is 1. The van der Waals surface area contributed by atoms with Gasteiger partial charge in [-0.1, -0.05) is 6.92 Å². The second-order valence-electron chi connectivity index (χ2n) is 3.96. The molecule has 1 atom stereocenters. The van der Waals surface area contributed by atoms with Gasteiger partial charge in [-0.25, -0.2) is 0 Å². The van der Waals surface area contributed by atoms with Crippen LogP contribution in [-0.2, 0) is 4.79 Å². The largest absolute Gasteiger partial charge is 0.497 e. The number of aliphatic carboxylic acids is 1. The van der Waals surface area contributed by atoms with Crippen LogP contribution in [0.15, 0.2) is 18.2 Å². The Hall–Kier alpha value is -2.31. The summed E-state index contributed by atoms with van der Waals surface area (Å²) in [6.07, 6.45) is 0.445. The molecule has 1 aromatic carbocycles. The number of methoxy groups -OCH3 is 1. The molecule has 0 heterocycles. The predicted octanol–water partition coefficient (Wildman–Crippen LogP) is 2.13. The standard InChI is InChI=1S/C12H16N2O5/c1-3-8(12(15)16)7-13-10-6-9(19-2)4-5-11(10)14(17)18/h4-6,8,13H,3,7H2,1-2H3,(H,15,16). The lowest BCUT2D eigenvalue weighted by Gasteiger charge is -2.13. The molecule has 0 radical (unpaired) electrons. The van der Waals surface area contributed by atoms with Gasteiger partial charge in [-0.05, 0) is 12.5 Å². The van der Waals surface area contributed by atoms with Crippen LogP contribution >= 0.6 is 0 Å². The fourth-order valence-electron chi connectivity index (χ4n) is 1.58. The van der Waals surface area contributed by atoms with Crippen LogP contribution in [0.4, 0.5) is 11.4 Å². The highest BCUT2D eigenvalue weighted by Crippen LogP contribution is 2.29. The van der Waals surface area contributed by atoms with Crippen LogP contribution in [0.25, 0.3) is 0 Å². The maximum absolute atomic E-state index is 10.9. The lowest BCUT2D eigenvalue weighted by atomic mass is 10.1. The molecule has 0 saturated heterocycles. The zero-order valence-corrected chi connectivity index (χ0v) is 10.8. The lowest BCUT2D eigenvalue weighted by Crippen LogP contribution is -2.22. The van der Waals surface area contributed by atoms with Crippen molar-refractivity contribution in [3.63, 3.8) is 0 Å². The maximum atomic E-state index is 10.9. The van der Waals surface area contributed by atoms with Gasteiger partial charge in [0, 0.05) is 18.7 Å². The summed E-state index contributed by atoms with van der Waals surface area (Å²) in [6.45, 7) is 1.88. The summed E-state index contributed by atoms with van der Waals surface area (Å²) in [7, 11) is 1.46. The van der Waals surface area contributed by atoms with Crippen molar-refractivity contribution in [1.29, 1.82) is 0 Å². The van der Waals surface area contributed by atoms with E-state index in [2.05, 4.69) is 5.32 Å². The van der Waals surface area contributed by atoms with E-state index in [1.54, 1.807) is 6.92 Å². The first-order chi connectivity index (χ1) is 8.99. The summed E-state index contributed by atoms with van der Waals surface area (Å²) in [5, 5.41) is 22.6. The first-order valence-electron chi connectivity index (χ1n) is 5.78. The number of hydrogen-bond donors (Lipinski definition) is 2. The normalized spacial score (nSPS) is 11.7. The Morgan fingerprint density at radius 3 is 2.74 bits per heavy atom. The Bertz CT molecular complexity index is 475. The molecule has 0 amide bonds. The van der Waals surface area contributed by atoms with Crippen molar-refractivity contribution in [2.75, 3.05) is 19.0 Å².